The molecule has 0 aliphatic carbocycles. The predicted molar refractivity (Wildman–Crippen MR) is 153 cm³/mol. The van der Waals surface area contributed by atoms with Crippen molar-refractivity contribution >= 4 is 23.3 Å². The average Bonchev–Trinajstić information content (AvgIpc) is 3.38. The van der Waals surface area contributed by atoms with Gasteiger partial charge in [0.2, 0.25) is 5.43 Å². The molecule has 220 valence electrons. The van der Waals surface area contributed by atoms with E-state index in [1.165, 1.54) is 12.3 Å². The second-order valence-corrected chi connectivity index (χ2v) is 11.1. The maximum absolute atomic E-state index is 14.2. The Morgan fingerprint density at radius 3 is 2.48 bits per heavy atom. The number of benzene rings is 2. The zero-order chi connectivity index (χ0) is 30.4. The SMILES string of the molecule is CCNC(=O)c1c(OCc2ccccc2)c(=O)c(-c2nnc(Cc3ccc(F)cc3F)s2)cn1NC(=O)OC(C)(C)C. The lowest BCUT2D eigenvalue weighted by molar-refractivity contribution is 0.0612. The summed E-state index contributed by atoms with van der Waals surface area (Å²) in [6.45, 7) is 6.91. The maximum Gasteiger partial charge on any atom is 0.426 e. The molecule has 0 saturated heterocycles. The summed E-state index contributed by atoms with van der Waals surface area (Å²) in [5.74, 6) is -2.45. The summed E-state index contributed by atoms with van der Waals surface area (Å²) in [4.78, 5) is 39.8. The van der Waals surface area contributed by atoms with E-state index in [1.807, 2.05) is 6.07 Å². The third-order valence-corrected chi connectivity index (χ3v) is 6.56. The molecule has 4 aromatic rings. The van der Waals surface area contributed by atoms with Crippen LogP contribution in [-0.4, -0.2) is 39.0 Å². The first-order valence-electron chi connectivity index (χ1n) is 13.0. The van der Waals surface area contributed by atoms with E-state index >= 15 is 0 Å². The molecule has 4 rings (SSSR count). The van der Waals surface area contributed by atoms with E-state index in [1.54, 1.807) is 52.0 Å². The van der Waals surface area contributed by atoms with Crippen LogP contribution in [0, 0.1) is 11.6 Å². The number of hydrogen-bond acceptors (Lipinski definition) is 8. The predicted octanol–water partition coefficient (Wildman–Crippen LogP) is 5.04. The van der Waals surface area contributed by atoms with Gasteiger partial charge in [-0.2, -0.15) is 0 Å². The number of ether oxygens (including phenoxy) is 2. The van der Waals surface area contributed by atoms with Crippen LogP contribution in [-0.2, 0) is 17.8 Å². The molecule has 10 nitrogen and oxygen atoms in total. The highest BCUT2D eigenvalue weighted by molar-refractivity contribution is 7.14. The van der Waals surface area contributed by atoms with Gasteiger partial charge in [-0.15, -0.1) is 10.2 Å². The molecule has 2 aromatic carbocycles. The van der Waals surface area contributed by atoms with Gasteiger partial charge in [0.15, 0.2) is 16.5 Å². The van der Waals surface area contributed by atoms with Crippen LogP contribution in [0.5, 0.6) is 5.75 Å². The molecule has 0 radical (unpaired) electrons. The summed E-state index contributed by atoms with van der Waals surface area (Å²) in [5, 5.41) is 11.3. The molecule has 13 heteroatoms. The summed E-state index contributed by atoms with van der Waals surface area (Å²) >= 11 is 0.997. The van der Waals surface area contributed by atoms with Crippen molar-refractivity contribution < 1.29 is 27.8 Å². The van der Waals surface area contributed by atoms with Gasteiger partial charge in [-0.05, 0) is 44.9 Å². The molecule has 0 unspecified atom stereocenters. The van der Waals surface area contributed by atoms with E-state index in [0.29, 0.717) is 5.01 Å². The van der Waals surface area contributed by atoms with Crippen LogP contribution in [0.2, 0.25) is 0 Å². The molecule has 0 fully saturated rings. The van der Waals surface area contributed by atoms with E-state index in [2.05, 4.69) is 20.9 Å². The quantitative estimate of drug-likeness (QED) is 0.277. The Morgan fingerprint density at radius 1 is 1.07 bits per heavy atom. The lowest BCUT2D eigenvalue weighted by atomic mass is 10.1. The molecular weight excluding hydrogens is 568 g/mol. The third kappa shape index (κ3) is 7.55. The van der Waals surface area contributed by atoms with Crippen LogP contribution in [0.4, 0.5) is 13.6 Å². The first kappa shape index (κ1) is 30.3. The van der Waals surface area contributed by atoms with Crippen molar-refractivity contribution in [1.82, 2.24) is 20.2 Å². The number of amides is 2. The van der Waals surface area contributed by atoms with Crippen LogP contribution < -0.4 is 20.9 Å². The van der Waals surface area contributed by atoms with E-state index in [-0.39, 0.29) is 47.2 Å². The van der Waals surface area contributed by atoms with Crippen molar-refractivity contribution in [3.63, 3.8) is 0 Å². The summed E-state index contributed by atoms with van der Waals surface area (Å²) in [6, 6.07) is 12.2. The second kappa shape index (κ2) is 12.9. The van der Waals surface area contributed by atoms with E-state index < -0.39 is 34.7 Å². The first-order chi connectivity index (χ1) is 19.9. The molecule has 0 aliphatic heterocycles. The molecule has 42 heavy (non-hydrogen) atoms. The van der Waals surface area contributed by atoms with Crippen molar-refractivity contribution in [2.24, 2.45) is 0 Å². The minimum Gasteiger partial charge on any atom is -0.482 e. The Morgan fingerprint density at radius 2 is 1.81 bits per heavy atom. The molecule has 0 saturated carbocycles. The van der Waals surface area contributed by atoms with Crippen molar-refractivity contribution in [2.75, 3.05) is 12.0 Å². The Labute approximate surface area is 244 Å². The number of pyridine rings is 1. The molecule has 2 heterocycles. The Bertz CT molecular complexity index is 1650. The number of hydrogen-bond donors (Lipinski definition) is 2. The van der Waals surface area contributed by atoms with Gasteiger partial charge in [0.05, 0.1) is 5.56 Å². The topological polar surface area (TPSA) is 124 Å². The average molecular weight is 598 g/mol. The van der Waals surface area contributed by atoms with Gasteiger partial charge < -0.3 is 14.8 Å². The highest BCUT2D eigenvalue weighted by Gasteiger charge is 2.27. The zero-order valence-electron chi connectivity index (χ0n) is 23.4. The molecule has 2 aromatic heterocycles. The molecule has 0 spiro atoms. The van der Waals surface area contributed by atoms with Crippen molar-refractivity contribution in [3.05, 3.63) is 98.4 Å². The fourth-order valence-corrected chi connectivity index (χ4v) is 4.68. The van der Waals surface area contributed by atoms with Crippen molar-refractivity contribution in [2.45, 2.75) is 46.3 Å². The van der Waals surface area contributed by atoms with Gasteiger partial charge in [0.1, 0.15) is 28.8 Å². The number of rotatable bonds is 9. The van der Waals surface area contributed by atoms with Gasteiger partial charge in [-0.25, -0.2) is 23.7 Å². The number of carbonyl (C=O) groups excluding carboxylic acids is 2. The summed E-state index contributed by atoms with van der Waals surface area (Å²) in [5.41, 5.74) is 1.59. The minimum absolute atomic E-state index is 0.00246. The Hall–Kier alpha value is -4.65. The standard InChI is InChI=1S/C29H29F2N5O5S/c1-5-32-26(38)23-25(40-16-17-9-7-6-8-10-17)24(37)20(15-36(23)35-28(39)41-29(2,3)4)27-34-33-22(42-27)13-18-11-12-19(30)14-21(18)31/h6-12,14-15H,5,13,16H2,1-4H3,(H,32,38)(H,35,39). The second-order valence-electron chi connectivity index (χ2n) is 10.1. The van der Waals surface area contributed by atoms with Crippen molar-refractivity contribution in [3.8, 4) is 16.3 Å². The number of carbonyl (C=O) groups is 2. The molecule has 2 N–H and O–H groups in total. The van der Waals surface area contributed by atoms with Crippen LogP contribution in [0.3, 0.4) is 0 Å². The smallest absolute Gasteiger partial charge is 0.426 e. The Kier molecular flexibility index (Phi) is 9.31. The van der Waals surface area contributed by atoms with Gasteiger partial charge in [0, 0.05) is 25.2 Å². The first-order valence-corrected chi connectivity index (χ1v) is 13.8. The van der Waals surface area contributed by atoms with E-state index in [4.69, 9.17) is 9.47 Å². The number of aromatic nitrogens is 3. The number of nitrogens with one attached hydrogen (secondary N) is 2. The fraction of sp³-hybridized carbons (Fsp3) is 0.276. The maximum atomic E-state index is 14.2. The summed E-state index contributed by atoms with van der Waals surface area (Å²) in [7, 11) is 0. The highest BCUT2D eigenvalue weighted by atomic mass is 32.1. The largest absolute Gasteiger partial charge is 0.482 e. The summed E-state index contributed by atoms with van der Waals surface area (Å²) in [6.07, 6.45) is 0.346. The molecule has 2 amide bonds. The lowest BCUT2D eigenvalue weighted by Crippen LogP contribution is -2.37. The zero-order valence-corrected chi connectivity index (χ0v) is 24.2. The van der Waals surface area contributed by atoms with E-state index in [0.717, 1.165) is 33.7 Å². The van der Waals surface area contributed by atoms with Gasteiger partial charge >= 0.3 is 6.09 Å². The monoisotopic (exact) mass is 597 g/mol. The highest BCUT2D eigenvalue weighted by Crippen LogP contribution is 2.27. The van der Waals surface area contributed by atoms with Gasteiger partial charge in [0.25, 0.3) is 5.91 Å². The van der Waals surface area contributed by atoms with E-state index in [9.17, 15) is 23.2 Å². The molecule has 0 atom stereocenters. The molecule has 0 aliphatic rings. The normalized spacial score (nSPS) is 11.2. The van der Waals surface area contributed by atoms with Crippen molar-refractivity contribution in [1.29, 1.82) is 0 Å². The molecule has 0 bridgehead atoms. The third-order valence-electron chi connectivity index (χ3n) is 5.61. The summed E-state index contributed by atoms with van der Waals surface area (Å²) < 4.78 is 39.9. The van der Waals surface area contributed by atoms with Crippen LogP contribution in [0.1, 0.15) is 54.3 Å². The van der Waals surface area contributed by atoms with Gasteiger partial charge in [-0.3, -0.25) is 9.59 Å². The minimum atomic E-state index is -0.888. The van der Waals surface area contributed by atoms with Gasteiger partial charge in [-0.1, -0.05) is 47.7 Å². The van der Waals surface area contributed by atoms with Crippen LogP contribution in [0.15, 0.2) is 59.5 Å². The lowest BCUT2D eigenvalue weighted by Gasteiger charge is -2.22. The number of halogens is 2. The van der Waals surface area contributed by atoms with Crippen LogP contribution >= 0.6 is 11.3 Å². The fourth-order valence-electron chi connectivity index (χ4n) is 3.81. The number of nitrogens with zero attached hydrogens (tertiary/aromatic N) is 3. The molecular formula is C29H29F2N5O5S. The van der Waals surface area contributed by atoms with Crippen LogP contribution in [0.25, 0.3) is 10.6 Å². The Balaban J connectivity index is 1.81.